The van der Waals surface area contributed by atoms with Crippen LogP contribution >= 0.6 is 0 Å². The number of aryl methyl sites for hydroxylation is 1. The molecule has 0 unspecified atom stereocenters. The molecule has 2 rings (SSSR count). The molecule has 1 aromatic rings. The molecular weight excluding hydrogens is 274 g/mol. The van der Waals surface area contributed by atoms with E-state index in [0.29, 0.717) is 19.5 Å². The second-order valence-corrected chi connectivity index (χ2v) is 5.64. The smallest absolute Gasteiger partial charge is 0.314 e. The number of aliphatic carboxylic acids is 1. The summed E-state index contributed by atoms with van der Waals surface area (Å²) in [6, 6.07) is -0.270. The molecule has 0 radical (unpaired) electrons. The highest BCUT2D eigenvalue weighted by Crippen LogP contribution is 2.43. The lowest BCUT2D eigenvalue weighted by Crippen LogP contribution is -2.46. The number of amides is 2. The van der Waals surface area contributed by atoms with Crippen molar-refractivity contribution >= 4 is 12.0 Å². The minimum absolute atomic E-state index is 0.117. The van der Waals surface area contributed by atoms with E-state index in [1.54, 1.807) is 10.9 Å². The van der Waals surface area contributed by atoms with Crippen LogP contribution in [-0.2, 0) is 18.3 Å². The average molecular weight is 295 g/mol. The zero-order valence-electron chi connectivity index (χ0n) is 12.1. The Morgan fingerprint density at radius 3 is 2.71 bits per heavy atom. The average Bonchev–Trinajstić information content (AvgIpc) is 2.78. The number of rotatable bonds is 7. The van der Waals surface area contributed by atoms with E-state index in [-0.39, 0.29) is 17.9 Å². The summed E-state index contributed by atoms with van der Waals surface area (Å²) in [5.74, 6) is -0.00386. The fourth-order valence-corrected chi connectivity index (χ4v) is 2.57. The zero-order chi connectivity index (χ0) is 15.3. The summed E-state index contributed by atoms with van der Waals surface area (Å²) in [6.45, 7) is 0.874. The number of hydrogen-bond donors (Lipinski definition) is 3. The van der Waals surface area contributed by atoms with Crippen molar-refractivity contribution in [2.24, 2.45) is 12.5 Å². The number of carboxylic acid groups (broad SMARTS) is 1. The van der Waals surface area contributed by atoms with Crippen LogP contribution in [0.15, 0.2) is 6.33 Å². The number of carbonyl (C=O) groups is 2. The first-order chi connectivity index (χ1) is 10.0. The Morgan fingerprint density at radius 1 is 1.43 bits per heavy atom. The second-order valence-electron chi connectivity index (χ2n) is 5.64. The molecule has 1 aliphatic carbocycles. The predicted octanol–water partition coefficient (Wildman–Crippen LogP) is 0.302. The lowest BCUT2D eigenvalue weighted by Gasteiger charge is -2.40. The van der Waals surface area contributed by atoms with Crippen LogP contribution in [0.2, 0.25) is 0 Å². The van der Waals surface area contributed by atoms with Crippen LogP contribution in [0.3, 0.4) is 0 Å². The number of hydrogen-bond acceptors (Lipinski definition) is 4. The van der Waals surface area contributed by atoms with Crippen molar-refractivity contribution in [3.63, 3.8) is 0 Å². The fraction of sp³-hybridized carbons (Fsp3) is 0.692. The molecule has 116 valence electrons. The Bertz CT molecular complexity index is 510. The highest BCUT2D eigenvalue weighted by molar-refractivity contribution is 5.74. The first-order valence-electron chi connectivity index (χ1n) is 7.07. The molecule has 1 heterocycles. The summed E-state index contributed by atoms with van der Waals surface area (Å²) in [5.41, 5.74) is -0.257. The summed E-state index contributed by atoms with van der Waals surface area (Å²) >= 11 is 0. The molecule has 1 aromatic heterocycles. The second kappa shape index (κ2) is 6.55. The van der Waals surface area contributed by atoms with Crippen LogP contribution < -0.4 is 10.6 Å². The van der Waals surface area contributed by atoms with Crippen LogP contribution in [0.5, 0.6) is 0 Å². The van der Waals surface area contributed by atoms with E-state index < -0.39 is 5.97 Å². The molecule has 1 aliphatic rings. The molecule has 8 heteroatoms. The normalized spacial score (nSPS) is 16.0. The molecule has 0 aliphatic heterocycles. The van der Waals surface area contributed by atoms with E-state index in [4.69, 9.17) is 5.11 Å². The summed E-state index contributed by atoms with van der Waals surface area (Å²) < 4.78 is 1.80. The maximum absolute atomic E-state index is 11.7. The van der Waals surface area contributed by atoms with Gasteiger partial charge in [0.05, 0.1) is 6.42 Å². The van der Waals surface area contributed by atoms with Gasteiger partial charge in [0, 0.05) is 26.6 Å². The minimum atomic E-state index is -0.806. The fourth-order valence-electron chi connectivity index (χ4n) is 2.57. The van der Waals surface area contributed by atoms with Gasteiger partial charge in [-0.05, 0) is 18.3 Å². The van der Waals surface area contributed by atoms with Gasteiger partial charge >= 0.3 is 12.0 Å². The minimum Gasteiger partial charge on any atom is -0.481 e. The first-order valence-corrected chi connectivity index (χ1v) is 7.07. The van der Waals surface area contributed by atoms with Crippen molar-refractivity contribution in [2.75, 3.05) is 13.1 Å². The topological polar surface area (TPSA) is 109 Å². The Hall–Kier alpha value is -2.12. The van der Waals surface area contributed by atoms with Gasteiger partial charge in [0.25, 0.3) is 0 Å². The number of carboxylic acids is 1. The third-order valence-electron chi connectivity index (χ3n) is 4.00. The molecular formula is C13H21N5O3. The van der Waals surface area contributed by atoms with Gasteiger partial charge in [0.15, 0.2) is 0 Å². The lowest BCUT2D eigenvalue weighted by molar-refractivity contribution is -0.141. The number of urea groups is 1. The molecule has 3 N–H and O–H groups in total. The molecule has 0 atom stereocenters. The standard InChI is InChI=1S/C13H21N5O3/c1-18-9-16-17-10(18)3-6-14-12(21)15-8-13(4-2-5-13)7-11(19)20/h9H,2-8H2,1H3,(H,19,20)(H2,14,15,21). The molecule has 1 saturated carbocycles. The summed E-state index contributed by atoms with van der Waals surface area (Å²) in [6.07, 6.45) is 5.08. The van der Waals surface area contributed by atoms with Crippen molar-refractivity contribution in [1.82, 2.24) is 25.4 Å². The Labute approximate surface area is 122 Å². The van der Waals surface area contributed by atoms with E-state index in [9.17, 15) is 9.59 Å². The van der Waals surface area contributed by atoms with Gasteiger partial charge in [-0.2, -0.15) is 0 Å². The number of nitrogens with zero attached hydrogens (tertiary/aromatic N) is 3. The van der Waals surface area contributed by atoms with Gasteiger partial charge in [-0.3, -0.25) is 4.79 Å². The van der Waals surface area contributed by atoms with Crippen LogP contribution in [0.25, 0.3) is 0 Å². The van der Waals surface area contributed by atoms with E-state index in [0.717, 1.165) is 25.1 Å². The quantitative estimate of drug-likeness (QED) is 0.670. The Kier molecular flexibility index (Phi) is 4.77. The van der Waals surface area contributed by atoms with Crippen molar-refractivity contribution in [3.8, 4) is 0 Å². The maximum atomic E-state index is 11.7. The van der Waals surface area contributed by atoms with Gasteiger partial charge in [0.2, 0.25) is 0 Å². The van der Waals surface area contributed by atoms with Crippen LogP contribution in [0.4, 0.5) is 4.79 Å². The van der Waals surface area contributed by atoms with Crippen molar-refractivity contribution < 1.29 is 14.7 Å². The van der Waals surface area contributed by atoms with Crippen molar-refractivity contribution in [2.45, 2.75) is 32.1 Å². The molecule has 0 spiro atoms. The summed E-state index contributed by atoms with van der Waals surface area (Å²) in [4.78, 5) is 22.6. The van der Waals surface area contributed by atoms with Gasteiger partial charge in [-0.15, -0.1) is 10.2 Å². The third kappa shape index (κ3) is 4.17. The van der Waals surface area contributed by atoms with Crippen LogP contribution in [-0.4, -0.2) is 45.0 Å². The molecule has 1 fully saturated rings. The summed E-state index contributed by atoms with van der Waals surface area (Å²) in [5, 5.41) is 22.1. The highest BCUT2D eigenvalue weighted by atomic mass is 16.4. The van der Waals surface area contributed by atoms with Crippen LogP contribution in [0, 0.1) is 5.41 Å². The molecule has 0 bridgehead atoms. The maximum Gasteiger partial charge on any atom is 0.314 e. The van der Waals surface area contributed by atoms with Crippen molar-refractivity contribution in [3.05, 3.63) is 12.2 Å². The van der Waals surface area contributed by atoms with Crippen LogP contribution in [0.1, 0.15) is 31.5 Å². The van der Waals surface area contributed by atoms with Crippen molar-refractivity contribution in [1.29, 1.82) is 0 Å². The molecule has 8 nitrogen and oxygen atoms in total. The Balaban J connectivity index is 1.67. The predicted molar refractivity (Wildman–Crippen MR) is 74.6 cm³/mol. The zero-order valence-corrected chi connectivity index (χ0v) is 12.1. The number of carbonyl (C=O) groups excluding carboxylic acids is 1. The molecule has 0 saturated heterocycles. The molecule has 0 aromatic carbocycles. The molecule has 2 amide bonds. The lowest BCUT2D eigenvalue weighted by atomic mass is 9.66. The summed E-state index contributed by atoms with van der Waals surface area (Å²) in [7, 11) is 1.85. The number of nitrogens with one attached hydrogen (secondary N) is 2. The monoisotopic (exact) mass is 295 g/mol. The third-order valence-corrected chi connectivity index (χ3v) is 4.00. The van der Waals surface area contributed by atoms with E-state index in [2.05, 4.69) is 20.8 Å². The van der Waals surface area contributed by atoms with Gasteiger partial charge in [-0.1, -0.05) is 6.42 Å². The van der Waals surface area contributed by atoms with E-state index >= 15 is 0 Å². The van der Waals surface area contributed by atoms with Gasteiger partial charge in [-0.25, -0.2) is 4.79 Å². The van der Waals surface area contributed by atoms with E-state index in [1.165, 1.54) is 0 Å². The van der Waals surface area contributed by atoms with E-state index in [1.807, 2.05) is 7.05 Å². The highest BCUT2D eigenvalue weighted by Gasteiger charge is 2.39. The first kappa shape index (κ1) is 15.3. The SMILES string of the molecule is Cn1cnnc1CCNC(=O)NCC1(CC(=O)O)CCC1. The number of aromatic nitrogens is 3. The Morgan fingerprint density at radius 2 is 2.19 bits per heavy atom. The molecule has 21 heavy (non-hydrogen) atoms. The van der Waals surface area contributed by atoms with Gasteiger partial charge < -0.3 is 20.3 Å². The van der Waals surface area contributed by atoms with Gasteiger partial charge in [0.1, 0.15) is 12.2 Å². The largest absolute Gasteiger partial charge is 0.481 e.